The van der Waals surface area contributed by atoms with Gasteiger partial charge in [-0.1, -0.05) is 34.8 Å². The molecule has 0 atom stereocenters. The van der Waals surface area contributed by atoms with Crippen LogP contribution in [0.5, 0.6) is 5.75 Å². The first-order valence-electron chi connectivity index (χ1n) is 11.3. The van der Waals surface area contributed by atoms with E-state index in [4.69, 9.17) is 14.9 Å². The predicted molar refractivity (Wildman–Crippen MR) is 140 cm³/mol. The molecule has 2 N–H and O–H groups in total. The number of ketones is 1. The summed E-state index contributed by atoms with van der Waals surface area (Å²) in [4.78, 5) is 33.8. The number of nitrogens with zero attached hydrogens (tertiary/aromatic N) is 1. The molecule has 0 amide bonds. The van der Waals surface area contributed by atoms with E-state index in [0.29, 0.717) is 28.8 Å². The molecular formula is C27H31BrFNO6. The van der Waals surface area contributed by atoms with E-state index < -0.39 is 17.8 Å². The van der Waals surface area contributed by atoms with Gasteiger partial charge in [-0.25, -0.2) is 14.0 Å². The fourth-order valence-electron chi connectivity index (χ4n) is 3.01. The highest BCUT2D eigenvalue weighted by atomic mass is 79.9. The summed E-state index contributed by atoms with van der Waals surface area (Å²) in [5, 5.41) is 15.6. The Labute approximate surface area is 219 Å². The lowest BCUT2D eigenvalue weighted by molar-refractivity contribution is -0.134. The minimum absolute atomic E-state index is 0.0654. The fourth-order valence-corrected chi connectivity index (χ4v) is 3.35. The molecule has 0 aliphatic rings. The number of hydrogen-bond donors (Lipinski definition) is 2. The summed E-state index contributed by atoms with van der Waals surface area (Å²) in [7, 11) is 2.10. The van der Waals surface area contributed by atoms with E-state index in [0.717, 1.165) is 31.7 Å². The van der Waals surface area contributed by atoms with Crippen molar-refractivity contribution in [2.24, 2.45) is 0 Å². The highest BCUT2D eigenvalue weighted by molar-refractivity contribution is 9.10. The molecule has 9 heteroatoms. The highest BCUT2D eigenvalue weighted by Gasteiger charge is 2.14. The van der Waals surface area contributed by atoms with Crippen LogP contribution in [0.4, 0.5) is 4.39 Å². The summed E-state index contributed by atoms with van der Waals surface area (Å²) in [6, 6.07) is 11.3. The van der Waals surface area contributed by atoms with E-state index in [1.165, 1.54) is 25.0 Å². The third kappa shape index (κ3) is 13.0. The molecule has 36 heavy (non-hydrogen) atoms. The summed E-state index contributed by atoms with van der Waals surface area (Å²) < 4.78 is 20.3. The van der Waals surface area contributed by atoms with Crippen LogP contribution < -0.4 is 4.74 Å². The molecule has 0 heterocycles. The summed E-state index contributed by atoms with van der Waals surface area (Å²) in [5.74, 6) is -2.66. The number of ether oxygens (including phenoxy) is 1. The summed E-state index contributed by atoms with van der Waals surface area (Å²) in [5.41, 5.74) is 0.507. The van der Waals surface area contributed by atoms with Gasteiger partial charge in [0.05, 0.1) is 12.2 Å². The first kappa shape index (κ1) is 30.7. The van der Waals surface area contributed by atoms with Crippen molar-refractivity contribution in [2.45, 2.75) is 25.7 Å². The van der Waals surface area contributed by atoms with Crippen molar-refractivity contribution in [3.8, 4) is 5.75 Å². The van der Waals surface area contributed by atoms with Gasteiger partial charge in [0.1, 0.15) is 11.6 Å². The molecule has 0 unspecified atom stereocenters. The van der Waals surface area contributed by atoms with Crippen LogP contribution in [0.2, 0.25) is 0 Å². The van der Waals surface area contributed by atoms with Crippen LogP contribution in [0.15, 0.2) is 71.7 Å². The van der Waals surface area contributed by atoms with Gasteiger partial charge in [-0.15, -0.1) is 6.58 Å². The number of carbonyl (C=O) groups is 3. The molecule has 0 bridgehead atoms. The second-order valence-corrected chi connectivity index (χ2v) is 8.72. The lowest BCUT2D eigenvalue weighted by atomic mass is 10.0. The monoisotopic (exact) mass is 563 g/mol. The molecule has 0 radical (unpaired) electrons. The molecule has 0 aliphatic carbocycles. The summed E-state index contributed by atoms with van der Waals surface area (Å²) in [6.45, 7) is 6.40. The van der Waals surface area contributed by atoms with E-state index in [-0.39, 0.29) is 11.3 Å². The normalized spacial score (nSPS) is 10.6. The molecule has 2 aromatic carbocycles. The summed E-state index contributed by atoms with van der Waals surface area (Å²) in [6.07, 6.45) is 7.51. The largest absolute Gasteiger partial charge is 0.494 e. The Balaban J connectivity index is 0.000000697. The quantitative estimate of drug-likeness (QED) is 0.134. The van der Waals surface area contributed by atoms with Gasteiger partial charge in [0.2, 0.25) is 0 Å². The first-order valence-corrected chi connectivity index (χ1v) is 12.1. The first-order chi connectivity index (χ1) is 17.1. The fraction of sp³-hybridized carbons (Fsp3) is 0.296. The van der Waals surface area contributed by atoms with E-state index in [9.17, 15) is 18.8 Å². The average Bonchev–Trinajstić information content (AvgIpc) is 2.83. The zero-order valence-electron chi connectivity index (χ0n) is 20.2. The van der Waals surface area contributed by atoms with Crippen molar-refractivity contribution in [3.05, 3.63) is 88.7 Å². The lowest BCUT2D eigenvalue weighted by Gasteiger charge is -2.13. The molecule has 0 saturated heterocycles. The number of likely N-dealkylation sites (N-methyl/N-ethyl adjacent to an activating group) is 1. The average molecular weight is 564 g/mol. The Kier molecular flexibility index (Phi) is 14.7. The molecule has 0 aromatic heterocycles. The Morgan fingerprint density at radius 1 is 1.00 bits per heavy atom. The Morgan fingerprint density at radius 2 is 1.61 bits per heavy atom. The maximum Gasteiger partial charge on any atom is 0.328 e. The van der Waals surface area contributed by atoms with E-state index in [1.54, 1.807) is 30.3 Å². The minimum atomic E-state index is -1.26. The van der Waals surface area contributed by atoms with Crippen LogP contribution in [-0.2, 0) is 9.59 Å². The van der Waals surface area contributed by atoms with Gasteiger partial charge in [-0.05, 0) is 68.9 Å². The second kappa shape index (κ2) is 17.2. The second-order valence-electron chi connectivity index (χ2n) is 7.80. The number of aliphatic carboxylic acids is 2. The van der Waals surface area contributed by atoms with Gasteiger partial charge in [0.15, 0.2) is 5.78 Å². The van der Waals surface area contributed by atoms with Crippen LogP contribution in [-0.4, -0.2) is 59.6 Å². The number of unbranched alkanes of at least 4 members (excludes halogenated alkanes) is 3. The van der Waals surface area contributed by atoms with Crippen LogP contribution in [0.25, 0.3) is 0 Å². The van der Waals surface area contributed by atoms with E-state index >= 15 is 0 Å². The molecule has 194 valence electrons. The maximum absolute atomic E-state index is 14.0. The highest BCUT2D eigenvalue weighted by Crippen LogP contribution is 2.20. The molecule has 0 fully saturated rings. The van der Waals surface area contributed by atoms with Crippen molar-refractivity contribution >= 4 is 33.7 Å². The Bertz CT molecular complexity index is 1020. The third-order valence-electron chi connectivity index (χ3n) is 4.80. The Hall–Kier alpha value is -3.30. The van der Waals surface area contributed by atoms with Crippen molar-refractivity contribution in [1.82, 2.24) is 4.90 Å². The topological polar surface area (TPSA) is 104 Å². The van der Waals surface area contributed by atoms with Crippen LogP contribution in [0.1, 0.15) is 41.6 Å². The summed E-state index contributed by atoms with van der Waals surface area (Å²) >= 11 is 3.19. The smallest absolute Gasteiger partial charge is 0.328 e. The van der Waals surface area contributed by atoms with Crippen LogP contribution in [0, 0.1) is 5.82 Å². The molecule has 0 saturated carbocycles. The number of halogens is 2. The van der Waals surface area contributed by atoms with Gasteiger partial charge < -0.3 is 19.8 Å². The molecule has 0 spiro atoms. The SMILES string of the molecule is C=CCN(C)CCCCCCOc1ccc(C(=O)c2ccc(Br)cc2F)cc1.O=C(O)/C=C/C(=O)O. The molecule has 7 nitrogen and oxygen atoms in total. The Morgan fingerprint density at radius 3 is 2.17 bits per heavy atom. The number of rotatable bonds is 14. The van der Waals surface area contributed by atoms with E-state index in [1.807, 2.05) is 6.08 Å². The number of hydrogen-bond acceptors (Lipinski definition) is 5. The zero-order chi connectivity index (χ0) is 26.9. The molecular weight excluding hydrogens is 533 g/mol. The van der Waals surface area contributed by atoms with Gasteiger partial charge >= 0.3 is 11.9 Å². The molecule has 2 rings (SSSR count). The third-order valence-corrected chi connectivity index (χ3v) is 5.30. The van der Waals surface area contributed by atoms with Crippen molar-refractivity contribution in [3.63, 3.8) is 0 Å². The number of carbonyl (C=O) groups excluding carboxylic acids is 1. The molecule has 2 aromatic rings. The molecule has 0 aliphatic heterocycles. The van der Waals surface area contributed by atoms with Gasteiger partial charge in [-0.3, -0.25) is 4.79 Å². The van der Waals surface area contributed by atoms with E-state index in [2.05, 4.69) is 34.5 Å². The number of benzene rings is 2. The van der Waals surface area contributed by atoms with Crippen LogP contribution >= 0.6 is 15.9 Å². The standard InChI is InChI=1S/C23H27BrFNO2.C4H4O4/c1-3-14-26(2)15-6-4-5-7-16-28-20-11-8-18(9-12-20)23(27)21-13-10-19(24)17-22(21)25;5-3(6)1-2-4(7)8/h3,8-13,17H,1,4-7,14-16H2,2H3;1-2H,(H,5,6)(H,7,8)/b;2-1+. The number of carboxylic acids is 2. The maximum atomic E-state index is 14.0. The van der Waals surface area contributed by atoms with Crippen molar-refractivity contribution in [2.75, 3.05) is 26.7 Å². The van der Waals surface area contributed by atoms with Gasteiger partial charge in [0, 0.05) is 28.7 Å². The van der Waals surface area contributed by atoms with Crippen molar-refractivity contribution in [1.29, 1.82) is 0 Å². The van der Waals surface area contributed by atoms with Gasteiger partial charge in [-0.2, -0.15) is 0 Å². The lowest BCUT2D eigenvalue weighted by Crippen LogP contribution is -2.19. The minimum Gasteiger partial charge on any atom is -0.494 e. The predicted octanol–water partition coefficient (Wildman–Crippen LogP) is 5.59. The number of carboxylic acid groups (broad SMARTS) is 2. The van der Waals surface area contributed by atoms with Crippen LogP contribution in [0.3, 0.4) is 0 Å². The van der Waals surface area contributed by atoms with Gasteiger partial charge in [0.25, 0.3) is 0 Å². The van der Waals surface area contributed by atoms with Crippen molar-refractivity contribution < 1.29 is 33.7 Å². The zero-order valence-corrected chi connectivity index (χ0v) is 21.7.